The van der Waals surface area contributed by atoms with Gasteiger partial charge in [0.15, 0.2) is 0 Å². The zero-order valence-corrected chi connectivity index (χ0v) is 5.84. The van der Waals surface area contributed by atoms with Crippen LogP contribution in [0.2, 0.25) is 0 Å². The summed E-state index contributed by atoms with van der Waals surface area (Å²) in [6.45, 7) is 6.78. The van der Waals surface area contributed by atoms with Gasteiger partial charge >= 0.3 is 8.25 Å². The van der Waals surface area contributed by atoms with E-state index < -0.39 is 8.25 Å². The Morgan fingerprint density at radius 1 is 1.56 bits per heavy atom. The molecule has 0 spiro atoms. The SMILES string of the molecule is C=CCO[P+](=O)OC=C. The summed E-state index contributed by atoms with van der Waals surface area (Å²) in [6, 6.07) is 0. The van der Waals surface area contributed by atoms with Gasteiger partial charge in [0.05, 0.1) is 0 Å². The molecule has 0 rings (SSSR count). The van der Waals surface area contributed by atoms with Crippen molar-refractivity contribution in [3.05, 3.63) is 25.5 Å². The highest BCUT2D eigenvalue weighted by Crippen LogP contribution is 2.22. The van der Waals surface area contributed by atoms with Gasteiger partial charge < -0.3 is 0 Å². The summed E-state index contributed by atoms with van der Waals surface area (Å²) in [5, 5.41) is 0. The first-order chi connectivity index (χ1) is 4.31. The number of hydrogen-bond acceptors (Lipinski definition) is 3. The topological polar surface area (TPSA) is 35.5 Å². The maximum atomic E-state index is 10.4. The van der Waals surface area contributed by atoms with Crippen LogP contribution >= 0.6 is 8.25 Å². The van der Waals surface area contributed by atoms with E-state index in [0.717, 1.165) is 6.26 Å². The molecular formula is C5H8O3P+. The molecule has 1 unspecified atom stereocenters. The molecule has 0 aliphatic heterocycles. The lowest BCUT2D eigenvalue weighted by Gasteiger charge is -1.78. The van der Waals surface area contributed by atoms with Crippen LogP contribution in [0.25, 0.3) is 0 Å². The molecule has 0 aliphatic rings. The van der Waals surface area contributed by atoms with Crippen molar-refractivity contribution < 1.29 is 13.6 Å². The highest BCUT2D eigenvalue weighted by atomic mass is 31.1. The van der Waals surface area contributed by atoms with Crippen LogP contribution in [0, 0.1) is 0 Å². The highest BCUT2D eigenvalue weighted by molar-refractivity contribution is 7.33. The molecule has 50 valence electrons. The molecular weight excluding hydrogens is 139 g/mol. The Morgan fingerprint density at radius 3 is 2.67 bits per heavy atom. The minimum atomic E-state index is -2.03. The molecule has 0 bridgehead atoms. The Morgan fingerprint density at radius 2 is 2.22 bits per heavy atom. The van der Waals surface area contributed by atoms with Crippen molar-refractivity contribution in [3.63, 3.8) is 0 Å². The third-order valence-electron chi connectivity index (χ3n) is 0.458. The Kier molecular flexibility index (Phi) is 5.07. The molecule has 0 aromatic carbocycles. The van der Waals surface area contributed by atoms with Crippen molar-refractivity contribution in [1.29, 1.82) is 0 Å². The monoisotopic (exact) mass is 147 g/mol. The standard InChI is InChI=1S/C5H8O3P/c1-3-5-8-9(6)7-4-2/h3-4H,1-2,5H2/q+1. The van der Waals surface area contributed by atoms with Crippen LogP contribution in [0.15, 0.2) is 25.5 Å². The zero-order chi connectivity index (χ0) is 7.11. The van der Waals surface area contributed by atoms with E-state index in [1.54, 1.807) is 0 Å². The number of rotatable bonds is 5. The van der Waals surface area contributed by atoms with Gasteiger partial charge in [0.1, 0.15) is 12.9 Å². The minimum Gasteiger partial charge on any atom is -0.238 e. The molecule has 4 heteroatoms. The second kappa shape index (κ2) is 5.48. The molecule has 0 N–H and O–H groups in total. The average molecular weight is 147 g/mol. The van der Waals surface area contributed by atoms with Crippen molar-refractivity contribution in [1.82, 2.24) is 0 Å². The maximum Gasteiger partial charge on any atom is 0.749 e. The molecule has 0 radical (unpaired) electrons. The van der Waals surface area contributed by atoms with Gasteiger partial charge in [-0.1, -0.05) is 12.7 Å². The van der Waals surface area contributed by atoms with E-state index >= 15 is 0 Å². The highest BCUT2D eigenvalue weighted by Gasteiger charge is 2.16. The third-order valence-corrected chi connectivity index (χ3v) is 1.14. The van der Waals surface area contributed by atoms with E-state index in [1.165, 1.54) is 6.08 Å². The van der Waals surface area contributed by atoms with E-state index in [4.69, 9.17) is 0 Å². The van der Waals surface area contributed by atoms with Gasteiger partial charge in [0, 0.05) is 4.57 Å². The molecule has 1 atom stereocenters. The summed E-state index contributed by atoms with van der Waals surface area (Å²) in [7, 11) is -2.03. The van der Waals surface area contributed by atoms with E-state index in [2.05, 4.69) is 22.2 Å². The molecule has 0 saturated heterocycles. The van der Waals surface area contributed by atoms with Gasteiger partial charge in [-0.25, -0.2) is 4.52 Å². The van der Waals surface area contributed by atoms with Crippen LogP contribution in [-0.2, 0) is 13.6 Å². The normalized spacial score (nSPS) is 10.0. The largest absolute Gasteiger partial charge is 0.749 e. The fraction of sp³-hybridized carbons (Fsp3) is 0.200. The van der Waals surface area contributed by atoms with Crippen molar-refractivity contribution >= 4 is 8.25 Å². The predicted octanol–water partition coefficient (Wildman–Crippen LogP) is 2.01. The second-order valence-electron chi connectivity index (χ2n) is 1.08. The fourth-order valence-electron chi connectivity index (χ4n) is 0.205. The first-order valence-corrected chi connectivity index (χ1v) is 3.39. The van der Waals surface area contributed by atoms with Crippen molar-refractivity contribution in [2.75, 3.05) is 6.61 Å². The quantitative estimate of drug-likeness (QED) is 0.339. The van der Waals surface area contributed by atoms with Crippen LogP contribution in [0.5, 0.6) is 0 Å². The minimum absolute atomic E-state index is 0.225. The molecule has 0 fully saturated rings. The van der Waals surface area contributed by atoms with Gasteiger partial charge in [0.2, 0.25) is 0 Å². The zero-order valence-electron chi connectivity index (χ0n) is 4.95. The van der Waals surface area contributed by atoms with Crippen molar-refractivity contribution in [2.24, 2.45) is 0 Å². The van der Waals surface area contributed by atoms with Crippen LogP contribution < -0.4 is 0 Å². The summed E-state index contributed by atoms with van der Waals surface area (Å²) in [6.07, 6.45) is 2.56. The average Bonchev–Trinajstić information content (AvgIpc) is 1.85. The lowest BCUT2D eigenvalue weighted by molar-refractivity contribution is 0.300. The summed E-state index contributed by atoms with van der Waals surface area (Å²) in [4.78, 5) is 0. The molecule has 0 heterocycles. The Labute approximate surface area is 54.9 Å². The summed E-state index contributed by atoms with van der Waals surface area (Å²) < 4.78 is 19.3. The third kappa shape index (κ3) is 5.21. The molecule has 0 amide bonds. The van der Waals surface area contributed by atoms with Gasteiger partial charge in [-0.05, 0) is 0 Å². The second-order valence-corrected chi connectivity index (χ2v) is 2.00. The summed E-state index contributed by atoms with van der Waals surface area (Å²) >= 11 is 0. The van der Waals surface area contributed by atoms with Crippen LogP contribution in [0.3, 0.4) is 0 Å². The van der Waals surface area contributed by atoms with Gasteiger partial charge in [-0.15, -0.1) is 11.1 Å². The first-order valence-electron chi connectivity index (χ1n) is 2.30. The Balaban J connectivity index is 3.26. The van der Waals surface area contributed by atoms with Gasteiger partial charge in [-0.2, -0.15) is 0 Å². The summed E-state index contributed by atoms with van der Waals surface area (Å²) in [5.41, 5.74) is 0. The van der Waals surface area contributed by atoms with Gasteiger partial charge in [-0.3, -0.25) is 0 Å². The lowest BCUT2D eigenvalue weighted by Crippen LogP contribution is -1.78. The van der Waals surface area contributed by atoms with Crippen molar-refractivity contribution in [2.45, 2.75) is 0 Å². The first kappa shape index (κ1) is 8.34. The molecule has 0 aromatic rings. The smallest absolute Gasteiger partial charge is 0.238 e. The molecule has 0 aromatic heterocycles. The van der Waals surface area contributed by atoms with Crippen LogP contribution in [0.1, 0.15) is 0 Å². The lowest BCUT2D eigenvalue weighted by atomic mass is 10.7. The Hall–Kier alpha value is -0.660. The molecule has 0 aliphatic carbocycles. The van der Waals surface area contributed by atoms with Crippen molar-refractivity contribution in [3.8, 4) is 0 Å². The van der Waals surface area contributed by atoms with E-state index in [-0.39, 0.29) is 6.61 Å². The van der Waals surface area contributed by atoms with Crippen LogP contribution in [-0.4, -0.2) is 6.61 Å². The molecule has 9 heavy (non-hydrogen) atoms. The fourth-order valence-corrected chi connectivity index (χ4v) is 0.615. The van der Waals surface area contributed by atoms with E-state index in [9.17, 15) is 4.57 Å². The summed E-state index contributed by atoms with van der Waals surface area (Å²) in [5.74, 6) is 0. The molecule has 0 saturated carbocycles. The Bertz CT molecular complexity index is 121. The van der Waals surface area contributed by atoms with E-state index in [1.807, 2.05) is 0 Å². The number of hydrogen-bond donors (Lipinski definition) is 0. The molecule has 3 nitrogen and oxygen atoms in total. The van der Waals surface area contributed by atoms with E-state index in [0.29, 0.717) is 0 Å². The maximum absolute atomic E-state index is 10.4. The predicted molar refractivity (Wildman–Crippen MR) is 35.0 cm³/mol. The van der Waals surface area contributed by atoms with Gasteiger partial charge in [0.25, 0.3) is 0 Å². The van der Waals surface area contributed by atoms with Crippen LogP contribution in [0.4, 0.5) is 0 Å².